The molecular weight excluding hydrogens is 408 g/mol. The van der Waals surface area contributed by atoms with E-state index in [0.29, 0.717) is 16.4 Å². The van der Waals surface area contributed by atoms with Gasteiger partial charge in [0.2, 0.25) is 5.13 Å². The van der Waals surface area contributed by atoms with Crippen molar-refractivity contribution in [3.05, 3.63) is 59.5 Å². The summed E-state index contributed by atoms with van der Waals surface area (Å²) in [5.74, 6) is 0.128. The summed E-state index contributed by atoms with van der Waals surface area (Å²) in [6.45, 7) is 2.12. The lowest BCUT2D eigenvalue weighted by Crippen LogP contribution is -2.21. The van der Waals surface area contributed by atoms with E-state index in [0.717, 1.165) is 24.8 Å². The Morgan fingerprint density at radius 2 is 1.93 bits per heavy atom. The number of rotatable bonds is 8. The molecule has 1 aromatic heterocycles. The molecule has 0 saturated heterocycles. The molecule has 0 aliphatic rings. The van der Waals surface area contributed by atoms with E-state index in [9.17, 15) is 8.42 Å². The highest BCUT2D eigenvalue weighted by atomic mass is 32.2. The van der Waals surface area contributed by atoms with Crippen molar-refractivity contribution in [2.45, 2.75) is 31.1 Å². The Morgan fingerprint density at radius 1 is 1.17 bits per heavy atom. The first-order chi connectivity index (χ1) is 13.9. The molecule has 0 saturated carbocycles. The van der Waals surface area contributed by atoms with Gasteiger partial charge >= 0.3 is 10.1 Å². The average Bonchev–Trinajstić information content (AvgIpc) is 3.14. The van der Waals surface area contributed by atoms with Crippen LogP contribution in [-0.2, 0) is 16.5 Å². The van der Waals surface area contributed by atoms with E-state index in [4.69, 9.17) is 15.7 Å². The van der Waals surface area contributed by atoms with E-state index in [1.165, 1.54) is 11.3 Å². The number of thiazole rings is 1. The van der Waals surface area contributed by atoms with Gasteiger partial charge in [-0.15, -0.1) is 11.3 Å². The number of aryl methyl sites for hydroxylation is 1. The maximum Gasteiger partial charge on any atom is 0.339 e. The minimum Gasteiger partial charge on any atom is -0.379 e. The third-order valence-electron chi connectivity index (χ3n) is 4.08. The normalized spacial score (nSPS) is 11.2. The minimum atomic E-state index is -3.93. The maximum absolute atomic E-state index is 12.6. The number of nitrogens with two attached hydrogens (primary N) is 2. The van der Waals surface area contributed by atoms with Crippen molar-refractivity contribution in [1.29, 1.82) is 0 Å². The SMILES string of the molecule is CCCCc1ccc(S(=O)(=O)Oc2cccc(-c3csc(N=C(N)N)n3)c2)cc1. The predicted octanol–water partition coefficient (Wildman–Crippen LogP) is 3.83. The van der Waals surface area contributed by atoms with Gasteiger partial charge in [0.1, 0.15) is 10.6 Å². The molecule has 7 nitrogen and oxygen atoms in total. The molecule has 152 valence electrons. The minimum absolute atomic E-state index is 0.0743. The van der Waals surface area contributed by atoms with Gasteiger partial charge in [-0.25, -0.2) is 4.98 Å². The van der Waals surface area contributed by atoms with Gasteiger partial charge in [-0.3, -0.25) is 0 Å². The zero-order valence-corrected chi connectivity index (χ0v) is 17.5. The van der Waals surface area contributed by atoms with Crippen molar-refractivity contribution in [3.8, 4) is 17.0 Å². The van der Waals surface area contributed by atoms with Crippen LogP contribution in [-0.4, -0.2) is 19.4 Å². The number of aliphatic imine (C=N–C) groups is 1. The van der Waals surface area contributed by atoms with E-state index in [-0.39, 0.29) is 16.6 Å². The molecule has 0 bridgehead atoms. The number of unbranched alkanes of at least 4 members (excludes halogenated alkanes) is 1. The Kier molecular flexibility index (Phi) is 6.50. The topological polar surface area (TPSA) is 121 Å². The number of guanidine groups is 1. The third-order valence-corrected chi connectivity index (χ3v) is 6.08. The smallest absolute Gasteiger partial charge is 0.339 e. The molecule has 0 fully saturated rings. The van der Waals surface area contributed by atoms with Gasteiger partial charge < -0.3 is 15.7 Å². The van der Waals surface area contributed by atoms with E-state index in [1.54, 1.807) is 41.8 Å². The van der Waals surface area contributed by atoms with Gasteiger partial charge in [0, 0.05) is 10.9 Å². The Balaban J connectivity index is 1.78. The highest BCUT2D eigenvalue weighted by Gasteiger charge is 2.17. The molecule has 29 heavy (non-hydrogen) atoms. The molecule has 0 amide bonds. The molecule has 3 aromatic rings. The molecule has 0 spiro atoms. The molecule has 2 aromatic carbocycles. The van der Waals surface area contributed by atoms with Crippen LogP contribution in [0.4, 0.5) is 5.13 Å². The van der Waals surface area contributed by atoms with E-state index in [2.05, 4.69) is 16.9 Å². The summed E-state index contributed by atoms with van der Waals surface area (Å²) in [5.41, 5.74) is 13.1. The lowest BCUT2D eigenvalue weighted by atomic mass is 10.1. The molecular formula is C20H22N4O3S2. The van der Waals surface area contributed by atoms with Crippen LogP contribution in [0.15, 0.2) is 63.8 Å². The Labute approximate surface area is 174 Å². The molecule has 1 heterocycles. The van der Waals surface area contributed by atoms with Crippen LogP contribution in [0.5, 0.6) is 5.75 Å². The lowest BCUT2D eigenvalue weighted by molar-refractivity contribution is 0.486. The van der Waals surface area contributed by atoms with Gasteiger partial charge in [-0.2, -0.15) is 13.4 Å². The fraction of sp³-hybridized carbons (Fsp3) is 0.200. The van der Waals surface area contributed by atoms with Crippen molar-refractivity contribution in [1.82, 2.24) is 4.98 Å². The Morgan fingerprint density at radius 3 is 2.62 bits per heavy atom. The van der Waals surface area contributed by atoms with Crippen molar-refractivity contribution >= 4 is 32.5 Å². The van der Waals surface area contributed by atoms with Gasteiger partial charge in [0.25, 0.3) is 0 Å². The van der Waals surface area contributed by atoms with Crippen LogP contribution in [0.1, 0.15) is 25.3 Å². The van der Waals surface area contributed by atoms with Crippen LogP contribution >= 0.6 is 11.3 Å². The first kappa shape index (κ1) is 20.8. The van der Waals surface area contributed by atoms with E-state index in [1.807, 2.05) is 12.1 Å². The molecule has 3 rings (SSSR count). The molecule has 0 unspecified atom stereocenters. The standard InChI is InChI=1S/C20H22N4O3S2/c1-2-3-5-14-8-10-17(11-9-14)29(25,26)27-16-7-4-6-15(12-16)18-13-28-20(23-18)24-19(21)22/h4,6-13H,2-3,5H2,1H3,(H4,21,22,23,24). The summed E-state index contributed by atoms with van der Waals surface area (Å²) in [6.07, 6.45) is 3.08. The molecule has 0 aliphatic heterocycles. The van der Waals surface area contributed by atoms with Crippen LogP contribution in [0.25, 0.3) is 11.3 Å². The molecule has 0 atom stereocenters. The van der Waals surface area contributed by atoms with Crippen LogP contribution in [0.3, 0.4) is 0 Å². The summed E-state index contributed by atoms with van der Waals surface area (Å²) in [6, 6.07) is 13.5. The number of hydrogen-bond donors (Lipinski definition) is 2. The second-order valence-electron chi connectivity index (χ2n) is 6.36. The van der Waals surface area contributed by atoms with Gasteiger partial charge in [-0.05, 0) is 42.7 Å². The zero-order chi connectivity index (χ0) is 20.9. The molecule has 0 aliphatic carbocycles. The summed E-state index contributed by atoms with van der Waals surface area (Å²) in [4.78, 5) is 8.34. The van der Waals surface area contributed by atoms with Crippen molar-refractivity contribution in [2.24, 2.45) is 16.5 Å². The third kappa shape index (κ3) is 5.55. The Bertz CT molecular complexity index is 1100. The van der Waals surface area contributed by atoms with E-state index < -0.39 is 10.1 Å². The fourth-order valence-corrected chi connectivity index (χ4v) is 4.28. The number of aromatic nitrogens is 1. The first-order valence-corrected chi connectivity index (χ1v) is 11.3. The highest BCUT2D eigenvalue weighted by molar-refractivity contribution is 7.87. The lowest BCUT2D eigenvalue weighted by Gasteiger charge is -2.09. The summed E-state index contributed by atoms with van der Waals surface area (Å²) >= 11 is 1.28. The van der Waals surface area contributed by atoms with Crippen molar-refractivity contribution in [3.63, 3.8) is 0 Å². The molecule has 4 N–H and O–H groups in total. The summed E-state index contributed by atoms with van der Waals surface area (Å²) in [7, 11) is -3.93. The molecule has 9 heteroatoms. The second-order valence-corrected chi connectivity index (χ2v) is 8.75. The van der Waals surface area contributed by atoms with Gasteiger partial charge in [-0.1, -0.05) is 37.6 Å². The zero-order valence-electron chi connectivity index (χ0n) is 15.9. The maximum atomic E-state index is 12.6. The summed E-state index contributed by atoms with van der Waals surface area (Å²) < 4.78 is 30.6. The van der Waals surface area contributed by atoms with Crippen LogP contribution in [0.2, 0.25) is 0 Å². The highest BCUT2D eigenvalue weighted by Crippen LogP contribution is 2.29. The Hall–Kier alpha value is -2.91. The van der Waals surface area contributed by atoms with Gasteiger partial charge in [0.05, 0.1) is 5.69 Å². The fourth-order valence-electron chi connectivity index (χ4n) is 2.64. The van der Waals surface area contributed by atoms with Crippen molar-refractivity contribution < 1.29 is 12.6 Å². The second kappa shape index (κ2) is 9.06. The van der Waals surface area contributed by atoms with E-state index >= 15 is 0 Å². The van der Waals surface area contributed by atoms with Crippen LogP contribution in [0, 0.1) is 0 Å². The largest absolute Gasteiger partial charge is 0.379 e. The number of nitrogens with zero attached hydrogens (tertiary/aromatic N) is 2. The number of hydrogen-bond acceptors (Lipinski definition) is 6. The molecule has 0 radical (unpaired) electrons. The van der Waals surface area contributed by atoms with Gasteiger partial charge in [0.15, 0.2) is 5.96 Å². The quantitative estimate of drug-likeness (QED) is 0.318. The first-order valence-electron chi connectivity index (χ1n) is 9.06. The predicted molar refractivity (Wildman–Crippen MR) is 116 cm³/mol. The van der Waals surface area contributed by atoms with Crippen LogP contribution < -0.4 is 15.7 Å². The number of benzene rings is 2. The monoisotopic (exact) mass is 430 g/mol. The summed E-state index contributed by atoms with van der Waals surface area (Å²) in [5, 5.41) is 2.20. The average molecular weight is 431 g/mol. The van der Waals surface area contributed by atoms with Crippen molar-refractivity contribution in [2.75, 3.05) is 0 Å².